The van der Waals surface area contributed by atoms with E-state index >= 15 is 0 Å². The monoisotopic (exact) mass is 354 g/mol. The van der Waals surface area contributed by atoms with Crippen molar-refractivity contribution >= 4 is 34.1 Å². The van der Waals surface area contributed by atoms with Crippen molar-refractivity contribution in [2.24, 2.45) is 5.41 Å². The Kier molecular flexibility index (Phi) is 7.41. The Morgan fingerprint density at radius 2 is 1.92 bits per heavy atom. The van der Waals surface area contributed by atoms with Gasteiger partial charge in [0, 0.05) is 18.4 Å². The first-order valence-electron chi connectivity index (χ1n) is 8.00. The van der Waals surface area contributed by atoms with E-state index in [2.05, 4.69) is 10.6 Å². The molecule has 134 valence electrons. The molecule has 0 bridgehead atoms. The van der Waals surface area contributed by atoms with Gasteiger partial charge in [0.2, 0.25) is 5.91 Å². The van der Waals surface area contributed by atoms with Gasteiger partial charge < -0.3 is 15.4 Å². The number of rotatable bonds is 7. The Morgan fingerprint density at radius 1 is 1.25 bits per heavy atom. The predicted octanol–water partition coefficient (Wildman–Crippen LogP) is 3.11. The maximum Gasteiger partial charge on any atom is 0.305 e. The molecule has 7 heteroatoms. The lowest BCUT2D eigenvalue weighted by molar-refractivity contribution is -0.143. The summed E-state index contributed by atoms with van der Waals surface area (Å²) in [5.41, 5.74) is 0.319. The molecule has 1 rings (SSSR count). The Hall–Kier alpha value is -1.89. The van der Waals surface area contributed by atoms with Gasteiger partial charge in [0.25, 0.3) is 5.91 Å². The van der Waals surface area contributed by atoms with Crippen molar-refractivity contribution in [3.8, 4) is 0 Å². The van der Waals surface area contributed by atoms with Gasteiger partial charge in [-0.2, -0.15) is 0 Å². The zero-order valence-electron chi connectivity index (χ0n) is 14.9. The minimum Gasteiger partial charge on any atom is -0.466 e. The summed E-state index contributed by atoms with van der Waals surface area (Å²) in [6.45, 7) is 9.85. The molecular weight excluding hydrogens is 328 g/mol. The number of amides is 2. The molecule has 1 heterocycles. The standard InChI is InChI=1S/C17H26N2O4S/c1-6-23-13(20)8-7-9-18-15(21)14-11(2)10-12(24-14)19-16(22)17(3,4)5/h10H,6-9H2,1-5H3,(H,18,21)(H,19,22). The van der Waals surface area contributed by atoms with Crippen molar-refractivity contribution in [1.29, 1.82) is 0 Å². The van der Waals surface area contributed by atoms with Gasteiger partial charge in [-0.25, -0.2) is 0 Å². The highest BCUT2D eigenvalue weighted by molar-refractivity contribution is 7.18. The molecule has 0 radical (unpaired) electrons. The highest BCUT2D eigenvalue weighted by atomic mass is 32.1. The zero-order chi connectivity index (χ0) is 18.3. The van der Waals surface area contributed by atoms with Crippen LogP contribution in [-0.2, 0) is 14.3 Å². The van der Waals surface area contributed by atoms with E-state index in [-0.39, 0.29) is 24.2 Å². The maximum absolute atomic E-state index is 12.2. The Labute approximate surface area is 147 Å². The third-order valence-electron chi connectivity index (χ3n) is 3.19. The molecule has 2 N–H and O–H groups in total. The second-order valence-electron chi connectivity index (χ2n) is 6.49. The van der Waals surface area contributed by atoms with Crippen LogP contribution in [0, 0.1) is 12.3 Å². The molecule has 1 aromatic heterocycles. The lowest BCUT2D eigenvalue weighted by Gasteiger charge is -2.16. The number of hydrogen-bond donors (Lipinski definition) is 2. The molecule has 24 heavy (non-hydrogen) atoms. The number of carbonyl (C=O) groups is 3. The van der Waals surface area contributed by atoms with Crippen molar-refractivity contribution in [2.45, 2.75) is 47.5 Å². The van der Waals surface area contributed by atoms with Crippen LogP contribution < -0.4 is 10.6 Å². The summed E-state index contributed by atoms with van der Waals surface area (Å²) in [6, 6.07) is 1.79. The molecule has 0 spiro atoms. The fourth-order valence-electron chi connectivity index (χ4n) is 1.82. The summed E-state index contributed by atoms with van der Waals surface area (Å²) >= 11 is 1.25. The topological polar surface area (TPSA) is 84.5 Å². The van der Waals surface area contributed by atoms with Crippen LogP contribution in [-0.4, -0.2) is 30.9 Å². The van der Waals surface area contributed by atoms with Gasteiger partial charge >= 0.3 is 5.97 Å². The average molecular weight is 354 g/mol. The molecule has 0 atom stereocenters. The van der Waals surface area contributed by atoms with Crippen LogP contribution in [0.3, 0.4) is 0 Å². The summed E-state index contributed by atoms with van der Waals surface area (Å²) in [4.78, 5) is 36.0. The minimum absolute atomic E-state index is 0.0925. The second-order valence-corrected chi connectivity index (χ2v) is 7.54. The number of anilines is 1. The van der Waals surface area contributed by atoms with E-state index in [1.54, 1.807) is 13.0 Å². The number of aryl methyl sites for hydroxylation is 1. The van der Waals surface area contributed by atoms with E-state index < -0.39 is 5.41 Å². The predicted molar refractivity (Wildman–Crippen MR) is 95.3 cm³/mol. The van der Waals surface area contributed by atoms with Crippen LogP contribution in [0.25, 0.3) is 0 Å². The van der Waals surface area contributed by atoms with Gasteiger partial charge in [-0.3, -0.25) is 14.4 Å². The first kappa shape index (κ1) is 20.2. The van der Waals surface area contributed by atoms with Gasteiger partial charge in [-0.1, -0.05) is 20.8 Å². The molecular formula is C17H26N2O4S. The third kappa shape index (κ3) is 6.31. The normalized spacial score (nSPS) is 11.0. The van der Waals surface area contributed by atoms with Crippen molar-refractivity contribution < 1.29 is 19.1 Å². The summed E-state index contributed by atoms with van der Waals surface area (Å²) in [5.74, 6) is -0.547. The van der Waals surface area contributed by atoms with Crippen LogP contribution >= 0.6 is 11.3 Å². The van der Waals surface area contributed by atoms with Gasteiger partial charge in [0.1, 0.15) is 0 Å². The first-order chi connectivity index (χ1) is 11.1. The fourth-order valence-corrected chi connectivity index (χ4v) is 2.80. The van der Waals surface area contributed by atoms with Crippen LogP contribution in [0.5, 0.6) is 0 Å². The molecule has 6 nitrogen and oxygen atoms in total. The largest absolute Gasteiger partial charge is 0.466 e. The molecule has 0 aliphatic rings. The highest BCUT2D eigenvalue weighted by Gasteiger charge is 2.23. The minimum atomic E-state index is -0.493. The average Bonchev–Trinajstić information content (AvgIpc) is 2.83. The number of esters is 1. The number of carbonyl (C=O) groups excluding carboxylic acids is 3. The van der Waals surface area contributed by atoms with Gasteiger partial charge in [0.15, 0.2) is 0 Å². The number of thiophene rings is 1. The van der Waals surface area contributed by atoms with Crippen LogP contribution in [0.1, 0.15) is 55.8 Å². The highest BCUT2D eigenvalue weighted by Crippen LogP contribution is 2.28. The number of ether oxygens (including phenoxy) is 1. The maximum atomic E-state index is 12.2. The van der Waals surface area contributed by atoms with Gasteiger partial charge in [-0.15, -0.1) is 11.3 Å². The fraction of sp³-hybridized carbons (Fsp3) is 0.588. The summed E-state index contributed by atoms with van der Waals surface area (Å²) in [6.07, 6.45) is 0.813. The van der Waals surface area contributed by atoms with Crippen molar-refractivity contribution in [3.63, 3.8) is 0 Å². The molecule has 0 aromatic carbocycles. The van der Waals surface area contributed by atoms with E-state index in [9.17, 15) is 14.4 Å². The third-order valence-corrected chi connectivity index (χ3v) is 4.34. The van der Waals surface area contributed by atoms with Crippen LogP contribution in [0.2, 0.25) is 0 Å². The van der Waals surface area contributed by atoms with Crippen LogP contribution in [0.15, 0.2) is 6.07 Å². The zero-order valence-corrected chi connectivity index (χ0v) is 15.8. The summed E-state index contributed by atoms with van der Waals surface area (Å²) in [5, 5.41) is 6.27. The molecule has 0 aliphatic heterocycles. The SMILES string of the molecule is CCOC(=O)CCCNC(=O)c1sc(NC(=O)C(C)(C)C)cc1C. The summed E-state index contributed by atoms with van der Waals surface area (Å²) in [7, 11) is 0. The Bertz CT molecular complexity index is 602. The van der Waals surface area contributed by atoms with E-state index in [0.717, 1.165) is 5.56 Å². The Balaban J connectivity index is 2.53. The number of nitrogens with one attached hydrogen (secondary N) is 2. The van der Waals surface area contributed by atoms with Crippen molar-refractivity contribution in [1.82, 2.24) is 5.32 Å². The van der Waals surface area contributed by atoms with E-state index in [1.807, 2.05) is 27.7 Å². The first-order valence-corrected chi connectivity index (χ1v) is 8.82. The van der Waals surface area contributed by atoms with Gasteiger partial charge in [0.05, 0.1) is 16.5 Å². The van der Waals surface area contributed by atoms with E-state index in [4.69, 9.17) is 4.74 Å². The molecule has 1 aromatic rings. The molecule has 0 unspecified atom stereocenters. The smallest absolute Gasteiger partial charge is 0.305 e. The van der Waals surface area contributed by atoms with Crippen molar-refractivity contribution in [3.05, 3.63) is 16.5 Å². The van der Waals surface area contributed by atoms with Gasteiger partial charge in [-0.05, 0) is 31.9 Å². The Morgan fingerprint density at radius 3 is 2.50 bits per heavy atom. The van der Waals surface area contributed by atoms with Crippen molar-refractivity contribution in [2.75, 3.05) is 18.5 Å². The molecule has 2 amide bonds. The van der Waals surface area contributed by atoms with E-state index in [1.165, 1.54) is 11.3 Å². The lowest BCUT2D eigenvalue weighted by Crippen LogP contribution is -2.27. The van der Waals surface area contributed by atoms with E-state index in [0.29, 0.717) is 29.5 Å². The molecule has 0 fully saturated rings. The molecule has 0 aliphatic carbocycles. The molecule has 0 saturated carbocycles. The second kappa shape index (κ2) is 8.82. The lowest BCUT2D eigenvalue weighted by atomic mass is 9.96. The quantitative estimate of drug-likeness (QED) is 0.582. The van der Waals surface area contributed by atoms with Crippen LogP contribution in [0.4, 0.5) is 5.00 Å². The molecule has 0 saturated heterocycles. The summed E-state index contributed by atoms with van der Waals surface area (Å²) < 4.78 is 4.83. The number of hydrogen-bond acceptors (Lipinski definition) is 5.